The highest BCUT2D eigenvalue weighted by molar-refractivity contribution is 5.91. The van der Waals surface area contributed by atoms with Gasteiger partial charge in [-0.2, -0.15) is 0 Å². The Morgan fingerprint density at radius 2 is 1.63 bits per heavy atom. The molecule has 0 unspecified atom stereocenters. The molecule has 2 aromatic rings. The average Bonchev–Trinajstić information content (AvgIpc) is 2.74. The molecule has 0 aromatic heterocycles. The topological polar surface area (TPSA) is 58.3 Å². The van der Waals surface area contributed by atoms with E-state index < -0.39 is 0 Å². The zero-order valence-electron chi connectivity index (χ0n) is 17.7. The van der Waals surface area contributed by atoms with E-state index in [9.17, 15) is 14.0 Å². The third-order valence-corrected chi connectivity index (χ3v) is 5.84. The first-order chi connectivity index (χ1) is 14.4. The van der Waals surface area contributed by atoms with Gasteiger partial charge in [-0.05, 0) is 30.7 Å². The molecule has 1 saturated heterocycles. The van der Waals surface area contributed by atoms with Crippen molar-refractivity contribution >= 4 is 17.5 Å². The largest absolute Gasteiger partial charge is 0.334 e. The molecule has 1 aliphatic heterocycles. The van der Waals surface area contributed by atoms with E-state index in [-0.39, 0.29) is 23.7 Å². The zero-order valence-corrected chi connectivity index (χ0v) is 17.7. The molecule has 160 valence electrons. The van der Waals surface area contributed by atoms with Crippen molar-refractivity contribution in [1.82, 2.24) is 4.90 Å². The number of benzene rings is 2. The second kappa shape index (κ2) is 10.3. The molecule has 3 rings (SSSR count). The Labute approximate surface area is 177 Å². The third kappa shape index (κ3) is 6.11. The predicted molar refractivity (Wildman–Crippen MR) is 114 cm³/mol. The Morgan fingerprint density at radius 3 is 2.27 bits per heavy atom. The lowest BCUT2D eigenvalue weighted by Crippen LogP contribution is -3.28. The van der Waals surface area contributed by atoms with Crippen molar-refractivity contribution in [3.63, 3.8) is 0 Å². The molecule has 0 aliphatic carbocycles. The molecule has 2 amide bonds. The second-order valence-electron chi connectivity index (χ2n) is 8.00. The second-order valence-corrected chi connectivity index (χ2v) is 8.00. The summed E-state index contributed by atoms with van der Waals surface area (Å²) in [6.45, 7) is 6.22. The van der Waals surface area contributed by atoms with Crippen molar-refractivity contribution in [2.45, 2.75) is 13.0 Å². The molecule has 1 atom stereocenters. The van der Waals surface area contributed by atoms with Crippen LogP contribution in [0.5, 0.6) is 0 Å². The summed E-state index contributed by atoms with van der Waals surface area (Å²) in [5.41, 5.74) is 1.60. The highest BCUT2D eigenvalue weighted by Crippen LogP contribution is 2.17. The molecule has 3 N–H and O–H groups in total. The van der Waals surface area contributed by atoms with Gasteiger partial charge in [0.05, 0.1) is 6.04 Å². The molecule has 1 fully saturated rings. The van der Waals surface area contributed by atoms with E-state index in [0.717, 1.165) is 31.7 Å². The normalized spacial score (nSPS) is 19.7. The van der Waals surface area contributed by atoms with Crippen LogP contribution in [0, 0.1) is 5.82 Å². The van der Waals surface area contributed by atoms with Crippen LogP contribution in [-0.4, -0.2) is 63.0 Å². The Balaban J connectivity index is 1.41. The Morgan fingerprint density at radius 1 is 1.00 bits per heavy atom. The number of carbonyl (C=O) groups excluding carboxylic acids is 2. The van der Waals surface area contributed by atoms with Gasteiger partial charge in [-0.1, -0.05) is 36.4 Å². The lowest BCUT2D eigenvalue weighted by molar-refractivity contribution is -1.00. The van der Waals surface area contributed by atoms with Crippen LogP contribution in [0.4, 0.5) is 10.1 Å². The lowest BCUT2D eigenvalue weighted by Gasteiger charge is -2.31. The zero-order chi connectivity index (χ0) is 21.5. The highest BCUT2D eigenvalue weighted by Gasteiger charge is 2.28. The van der Waals surface area contributed by atoms with Gasteiger partial charge in [0.1, 0.15) is 32.0 Å². The molecule has 6 nitrogen and oxygen atoms in total. The fraction of sp³-hybridized carbons (Fsp3) is 0.391. The minimum atomic E-state index is -0.367. The van der Waals surface area contributed by atoms with Crippen molar-refractivity contribution in [3.8, 4) is 0 Å². The van der Waals surface area contributed by atoms with Gasteiger partial charge >= 0.3 is 0 Å². The standard InChI is InChI=1S/C23H29FN4O2/c1-18(19-7-4-3-5-8-19)26(2)23(30)17-28-13-11-27(12-14-28)16-22(29)25-21-10-6-9-20(24)15-21/h3-10,15,18H,11-14,16-17H2,1-2H3,(H,25,29)/p+2/t18-/m1/s1. The molecule has 0 spiro atoms. The molecule has 30 heavy (non-hydrogen) atoms. The monoisotopic (exact) mass is 414 g/mol. The third-order valence-electron chi connectivity index (χ3n) is 5.84. The van der Waals surface area contributed by atoms with Gasteiger partial charge in [0.15, 0.2) is 13.1 Å². The maximum atomic E-state index is 13.2. The maximum absolute atomic E-state index is 13.2. The van der Waals surface area contributed by atoms with Crippen LogP contribution in [-0.2, 0) is 9.59 Å². The van der Waals surface area contributed by atoms with Gasteiger partial charge in [0.2, 0.25) is 0 Å². The van der Waals surface area contributed by atoms with Gasteiger partial charge in [0.25, 0.3) is 11.8 Å². The van der Waals surface area contributed by atoms with Gasteiger partial charge in [-0.15, -0.1) is 0 Å². The highest BCUT2D eigenvalue weighted by atomic mass is 19.1. The number of hydrogen-bond acceptors (Lipinski definition) is 2. The predicted octanol–water partition coefficient (Wildman–Crippen LogP) is -0.233. The lowest BCUT2D eigenvalue weighted by atomic mass is 10.1. The number of nitrogens with one attached hydrogen (secondary N) is 3. The Kier molecular flexibility index (Phi) is 7.54. The summed E-state index contributed by atoms with van der Waals surface area (Å²) in [5, 5.41) is 2.75. The van der Waals surface area contributed by atoms with E-state index in [1.165, 1.54) is 21.9 Å². The number of halogens is 1. The molecule has 0 bridgehead atoms. The summed E-state index contributed by atoms with van der Waals surface area (Å²) >= 11 is 0. The number of likely N-dealkylation sites (N-methyl/N-ethyl adjacent to an activating group) is 1. The minimum Gasteiger partial charge on any atom is -0.334 e. The Hall–Kier alpha value is -2.77. The van der Waals surface area contributed by atoms with Crippen LogP contribution in [0.1, 0.15) is 18.5 Å². The van der Waals surface area contributed by atoms with Crippen molar-refractivity contribution in [2.24, 2.45) is 0 Å². The molecule has 0 radical (unpaired) electrons. The number of carbonyl (C=O) groups is 2. The van der Waals surface area contributed by atoms with Crippen LogP contribution in [0.3, 0.4) is 0 Å². The first kappa shape index (κ1) is 21.9. The van der Waals surface area contributed by atoms with E-state index in [2.05, 4.69) is 5.32 Å². The summed E-state index contributed by atoms with van der Waals surface area (Å²) < 4.78 is 13.2. The number of rotatable bonds is 7. The van der Waals surface area contributed by atoms with Gasteiger partial charge in [-0.3, -0.25) is 9.59 Å². The molecule has 0 saturated carbocycles. The number of anilines is 1. The molecular formula is C23H31FN4O2+2. The first-order valence-corrected chi connectivity index (χ1v) is 10.5. The number of quaternary nitrogens is 2. The van der Waals surface area contributed by atoms with E-state index in [4.69, 9.17) is 0 Å². The molecular weight excluding hydrogens is 383 g/mol. The fourth-order valence-electron chi connectivity index (χ4n) is 3.82. The SMILES string of the molecule is C[C@H](c1ccccc1)N(C)C(=O)C[NH+]1CC[NH+](CC(=O)Nc2cccc(F)c2)CC1. The van der Waals surface area contributed by atoms with E-state index in [1.54, 1.807) is 12.1 Å². The number of hydrogen-bond donors (Lipinski definition) is 3. The van der Waals surface area contributed by atoms with Crippen LogP contribution in [0.2, 0.25) is 0 Å². The average molecular weight is 415 g/mol. The number of amides is 2. The Bertz CT molecular complexity index is 853. The van der Waals surface area contributed by atoms with Crippen molar-refractivity contribution in [2.75, 3.05) is 51.6 Å². The molecule has 7 heteroatoms. The first-order valence-electron chi connectivity index (χ1n) is 10.5. The smallest absolute Gasteiger partial charge is 0.279 e. The van der Waals surface area contributed by atoms with Gasteiger partial charge < -0.3 is 20.0 Å². The van der Waals surface area contributed by atoms with Crippen molar-refractivity contribution < 1.29 is 23.8 Å². The maximum Gasteiger partial charge on any atom is 0.279 e. The summed E-state index contributed by atoms with van der Waals surface area (Å²) in [5.74, 6) is -0.353. The quantitative estimate of drug-likeness (QED) is 0.586. The fourth-order valence-corrected chi connectivity index (χ4v) is 3.82. The van der Waals surface area contributed by atoms with E-state index in [1.807, 2.05) is 49.2 Å². The number of nitrogens with zero attached hydrogens (tertiary/aromatic N) is 1. The van der Waals surface area contributed by atoms with E-state index in [0.29, 0.717) is 18.8 Å². The van der Waals surface area contributed by atoms with Crippen molar-refractivity contribution in [1.29, 1.82) is 0 Å². The molecule has 1 aliphatic rings. The summed E-state index contributed by atoms with van der Waals surface area (Å²) in [7, 11) is 1.86. The minimum absolute atomic E-state index is 0.0385. The van der Waals surface area contributed by atoms with Crippen LogP contribution in [0.25, 0.3) is 0 Å². The van der Waals surface area contributed by atoms with Crippen LogP contribution >= 0.6 is 0 Å². The number of piperazine rings is 1. The van der Waals surface area contributed by atoms with Gasteiger partial charge in [0, 0.05) is 12.7 Å². The van der Waals surface area contributed by atoms with Gasteiger partial charge in [-0.25, -0.2) is 4.39 Å². The summed E-state index contributed by atoms with van der Waals surface area (Å²) in [4.78, 5) is 29.2. The van der Waals surface area contributed by atoms with Crippen LogP contribution < -0.4 is 15.1 Å². The van der Waals surface area contributed by atoms with E-state index >= 15 is 0 Å². The molecule has 1 heterocycles. The van der Waals surface area contributed by atoms with Crippen LogP contribution in [0.15, 0.2) is 54.6 Å². The van der Waals surface area contributed by atoms with Crippen molar-refractivity contribution in [3.05, 3.63) is 66.0 Å². The summed E-state index contributed by atoms with van der Waals surface area (Å²) in [6.07, 6.45) is 0. The summed E-state index contributed by atoms with van der Waals surface area (Å²) in [6, 6.07) is 16.0. The molecule has 2 aromatic carbocycles.